The van der Waals surface area contributed by atoms with Crippen molar-refractivity contribution in [2.24, 2.45) is 0 Å². The second-order valence-corrected chi connectivity index (χ2v) is 22.6. The van der Waals surface area contributed by atoms with Crippen molar-refractivity contribution < 1.29 is 25.8 Å². The van der Waals surface area contributed by atoms with Gasteiger partial charge >= 0.3 is 0 Å². The summed E-state index contributed by atoms with van der Waals surface area (Å²) in [6.45, 7) is 30.7. The van der Waals surface area contributed by atoms with Crippen LogP contribution >= 0.6 is 0 Å². The molecule has 3 aromatic heterocycles. The van der Waals surface area contributed by atoms with E-state index in [4.69, 9.17) is 9.72 Å². The molecule has 1 spiro atoms. The third-order valence-corrected chi connectivity index (χ3v) is 14.1. The van der Waals surface area contributed by atoms with Gasteiger partial charge in [0.1, 0.15) is 5.82 Å². The van der Waals surface area contributed by atoms with Gasteiger partial charge in [-0.15, -0.1) is 35.2 Å². The molecule has 66 heavy (non-hydrogen) atoms. The molecule has 7 heteroatoms. The molecule has 2 aliphatic heterocycles. The summed E-state index contributed by atoms with van der Waals surface area (Å²) >= 11 is 0. The molecule has 0 amide bonds. The van der Waals surface area contributed by atoms with Crippen LogP contribution < -0.4 is 14.5 Å². The molecular formula is C59H58N5OPt-3. The Morgan fingerprint density at radius 1 is 0.621 bits per heavy atom. The Balaban J connectivity index is 0.00000511. The normalized spacial score (nSPS) is 14.9. The van der Waals surface area contributed by atoms with E-state index in [1.165, 1.54) is 67.0 Å². The standard InChI is InChI=1S/C59H58N5O.Pt/c1-55(2,3)35-27-40-41-28-36(56(4,5)6)30-46(58(10,11)12)53(41)59(52(40)45(29-35)57(7,8)9)43-23-21-38(32-50(43)63-34-62(13)48-18-16-17-44(59)54(48)63)65-37-20-22-39-42-33-60-26-24-47(42)64(49(39)31-37)51-19-14-15-25-61-51;/h14-30,33-34H,1-13H3;/q-3;. The number of fused-ring (bicyclic) bond motifs is 12. The Bertz CT molecular complexity index is 3200. The topological polar surface area (TPSA) is 46.4 Å². The number of aromatic nitrogens is 3. The number of para-hydroxylation sites is 1. The van der Waals surface area contributed by atoms with Crippen molar-refractivity contribution in [3.63, 3.8) is 0 Å². The number of hydrogen-bond acceptors (Lipinski definition) is 5. The van der Waals surface area contributed by atoms with Crippen molar-refractivity contribution in [3.05, 3.63) is 173 Å². The average Bonchev–Trinajstić information content (AvgIpc) is 3.87. The van der Waals surface area contributed by atoms with E-state index in [9.17, 15) is 0 Å². The van der Waals surface area contributed by atoms with Gasteiger partial charge in [-0.2, -0.15) is 18.8 Å². The number of rotatable bonds is 3. The van der Waals surface area contributed by atoms with E-state index in [2.05, 4.69) is 189 Å². The van der Waals surface area contributed by atoms with E-state index >= 15 is 0 Å². The molecule has 0 saturated carbocycles. The van der Waals surface area contributed by atoms with Crippen LogP contribution in [0.3, 0.4) is 0 Å². The van der Waals surface area contributed by atoms with Gasteiger partial charge in [-0.05, 0) is 108 Å². The molecular weight excluding hydrogens is 990 g/mol. The van der Waals surface area contributed by atoms with Gasteiger partial charge in [-0.3, -0.25) is 4.98 Å². The fourth-order valence-corrected chi connectivity index (χ4v) is 10.9. The number of benzene rings is 5. The van der Waals surface area contributed by atoms with Crippen LogP contribution in [0.1, 0.15) is 128 Å². The van der Waals surface area contributed by atoms with Crippen LogP contribution in [-0.2, 0) is 48.1 Å². The van der Waals surface area contributed by atoms with Crippen molar-refractivity contribution in [2.45, 2.75) is 110 Å². The molecule has 6 nitrogen and oxygen atoms in total. The van der Waals surface area contributed by atoms with Gasteiger partial charge < -0.3 is 19.1 Å². The molecule has 8 aromatic rings. The zero-order valence-corrected chi connectivity index (χ0v) is 42.7. The number of nitrogens with zero attached hydrogens (tertiary/aromatic N) is 5. The molecule has 0 radical (unpaired) electrons. The van der Waals surface area contributed by atoms with E-state index in [0.29, 0.717) is 11.5 Å². The predicted octanol–water partition coefficient (Wildman–Crippen LogP) is 14.5. The summed E-state index contributed by atoms with van der Waals surface area (Å²) in [6.07, 6.45) is 5.56. The largest absolute Gasteiger partial charge is 0.509 e. The zero-order valence-electron chi connectivity index (χ0n) is 40.4. The SMILES string of the molecule is CN1[CH-]N2c3[c-]c(Oc4[c-]c5c(cc4)c4cnccc4n5-c4ccccn4)ccc3C3(c4cccc1c42)c1c(cc(C(C)(C)C)cc1C(C)(C)C)-c1cc(C(C)(C)C)cc(C(C)(C)C)c13.[Pt]. The van der Waals surface area contributed by atoms with E-state index in [1.54, 1.807) is 0 Å². The van der Waals surface area contributed by atoms with Crippen LogP contribution in [0.5, 0.6) is 11.5 Å². The van der Waals surface area contributed by atoms with Crippen molar-refractivity contribution in [2.75, 3.05) is 16.8 Å². The van der Waals surface area contributed by atoms with Gasteiger partial charge in [0.05, 0.1) is 0 Å². The van der Waals surface area contributed by atoms with Crippen LogP contribution in [-0.4, -0.2) is 21.6 Å². The summed E-state index contributed by atoms with van der Waals surface area (Å²) < 4.78 is 9.04. The number of anilines is 3. The first-order chi connectivity index (χ1) is 30.7. The van der Waals surface area contributed by atoms with Gasteiger partial charge in [-0.1, -0.05) is 137 Å². The summed E-state index contributed by atoms with van der Waals surface area (Å²) in [7, 11) is 2.16. The maximum absolute atomic E-state index is 6.90. The molecule has 0 fully saturated rings. The Hall–Kier alpha value is -5.71. The summed E-state index contributed by atoms with van der Waals surface area (Å²) in [4.78, 5) is 13.8. The van der Waals surface area contributed by atoms with Crippen LogP contribution in [0, 0.1) is 18.8 Å². The summed E-state index contributed by atoms with van der Waals surface area (Å²) in [5, 5.41) is 2.07. The average molecular weight is 1050 g/mol. The molecule has 3 aliphatic rings. The van der Waals surface area contributed by atoms with Crippen molar-refractivity contribution in [1.29, 1.82) is 0 Å². The minimum Gasteiger partial charge on any atom is -0.509 e. The molecule has 0 N–H and O–H groups in total. The fourth-order valence-electron chi connectivity index (χ4n) is 10.9. The maximum atomic E-state index is 6.90. The minimum atomic E-state index is -0.670. The molecule has 0 atom stereocenters. The first kappa shape index (κ1) is 44.1. The number of ether oxygens (including phenoxy) is 1. The Morgan fingerprint density at radius 2 is 1.26 bits per heavy atom. The Labute approximate surface area is 405 Å². The van der Waals surface area contributed by atoms with E-state index < -0.39 is 5.41 Å². The number of pyridine rings is 2. The predicted molar refractivity (Wildman–Crippen MR) is 268 cm³/mol. The van der Waals surface area contributed by atoms with Crippen molar-refractivity contribution >= 4 is 38.9 Å². The van der Waals surface area contributed by atoms with Crippen LogP contribution in [0.25, 0.3) is 38.8 Å². The second-order valence-electron chi connectivity index (χ2n) is 22.6. The van der Waals surface area contributed by atoms with Crippen molar-refractivity contribution in [3.8, 4) is 28.4 Å². The van der Waals surface area contributed by atoms with Crippen LogP contribution in [0.4, 0.5) is 17.1 Å². The molecule has 1 aliphatic carbocycles. The van der Waals surface area contributed by atoms with E-state index in [0.717, 1.165) is 33.3 Å². The van der Waals surface area contributed by atoms with Crippen molar-refractivity contribution in [1.82, 2.24) is 14.5 Å². The van der Waals surface area contributed by atoms with E-state index in [-0.39, 0.29) is 42.7 Å². The quantitative estimate of drug-likeness (QED) is 0.165. The molecule has 5 heterocycles. The zero-order chi connectivity index (χ0) is 45.7. The van der Waals surface area contributed by atoms with Gasteiger partial charge in [0, 0.05) is 73.5 Å². The first-order valence-corrected chi connectivity index (χ1v) is 23.0. The van der Waals surface area contributed by atoms with Gasteiger partial charge in [0.2, 0.25) is 0 Å². The molecule has 0 saturated heterocycles. The molecule has 0 unspecified atom stereocenters. The van der Waals surface area contributed by atoms with Gasteiger partial charge in [0.15, 0.2) is 0 Å². The number of hydrogen-bond donors (Lipinski definition) is 0. The molecule has 0 bridgehead atoms. The summed E-state index contributed by atoms with van der Waals surface area (Å²) in [5.41, 5.74) is 17.5. The van der Waals surface area contributed by atoms with Crippen LogP contribution in [0.2, 0.25) is 0 Å². The first-order valence-electron chi connectivity index (χ1n) is 23.0. The Morgan fingerprint density at radius 3 is 1.86 bits per heavy atom. The smallest absolute Gasteiger partial charge is 0.135 e. The van der Waals surface area contributed by atoms with Gasteiger partial charge in [0.25, 0.3) is 0 Å². The van der Waals surface area contributed by atoms with E-state index in [1.807, 2.05) is 48.9 Å². The maximum Gasteiger partial charge on any atom is 0.135 e. The third kappa shape index (κ3) is 6.37. The fraction of sp³-hybridized carbons (Fsp3) is 0.305. The second kappa shape index (κ2) is 14.6. The summed E-state index contributed by atoms with van der Waals surface area (Å²) in [6, 6.07) is 41.2. The molecule has 5 aromatic carbocycles. The molecule has 338 valence electrons. The monoisotopic (exact) mass is 1050 g/mol. The van der Waals surface area contributed by atoms with Gasteiger partial charge in [-0.25, -0.2) is 4.98 Å². The third-order valence-electron chi connectivity index (χ3n) is 14.1. The van der Waals surface area contributed by atoms with Crippen LogP contribution in [0.15, 0.2) is 110 Å². The summed E-state index contributed by atoms with van der Waals surface area (Å²) in [5.74, 6) is 2.03. The Kier molecular flexibility index (Phi) is 9.79. The minimum absolute atomic E-state index is 0. The molecule has 11 rings (SSSR count).